The van der Waals surface area contributed by atoms with Gasteiger partial charge in [-0.15, -0.1) is 4.28 Å². The normalized spacial score (nSPS) is 28.6. The van der Waals surface area contributed by atoms with Crippen molar-refractivity contribution in [2.75, 3.05) is 13.2 Å². The zero-order chi connectivity index (χ0) is 12.8. The van der Waals surface area contributed by atoms with Crippen LogP contribution in [0.15, 0.2) is 11.6 Å². The predicted octanol–water partition coefficient (Wildman–Crippen LogP) is -1.12. The number of rotatable bonds is 3. The first-order valence-corrected chi connectivity index (χ1v) is 6.29. The van der Waals surface area contributed by atoms with Crippen molar-refractivity contribution in [3.63, 3.8) is 0 Å². The maximum atomic E-state index is 11.8. The molecule has 17 heavy (non-hydrogen) atoms. The third kappa shape index (κ3) is 2.14. The van der Waals surface area contributed by atoms with Gasteiger partial charge in [0.2, 0.25) is 0 Å². The summed E-state index contributed by atoms with van der Waals surface area (Å²) >= 11 is 0. The van der Waals surface area contributed by atoms with Crippen LogP contribution < -0.4 is 0 Å². The molecule has 0 aromatic carbocycles. The molecule has 0 radical (unpaired) electrons. The second-order valence-corrected chi connectivity index (χ2v) is 4.97. The molecule has 9 heteroatoms. The first-order chi connectivity index (χ1) is 7.83. The van der Waals surface area contributed by atoms with Crippen LogP contribution in [-0.2, 0) is 14.7 Å². The molecular weight excluding hydrogens is 252 g/mol. The summed E-state index contributed by atoms with van der Waals surface area (Å²) in [5.74, 6) is 0. The number of nitrogens with zero attached hydrogens (tertiary/aromatic N) is 2. The molecule has 0 aliphatic carbocycles. The number of hydrogen-bond donors (Lipinski definition) is 1. The summed E-state index contributed by atoms with van der Waals surface area (Å²) in [6, 6.07) is -1.57. The third-order valence-electron chi connectivity index (χ3n) is 2.85. The van der Waals surface area contributed by atoms with Crippen LogP contribution in [0, 0.1) is 0 Å². The Bertz CT molecular complexity index is 472. The molecule has 2 aliphatic rings. The summed E-state index contributed by atoms with van der Waals surface area (Å²) in [4.78, 5) is 13.2. The largest absolute Gasteiger partial charge is 0.444 e. The Hall–Kier alpha value is -1.16. The maximum absolute atomic E-state index is 11.8. The minimum Gasteiger partial charge on any atom is -0.444 e. The van der Waals surface area contributed by atoms with Crippen molar-refractivity contribution in [2.45, 2.75) is 19.0 Å². The Morgan fingerprint density at radius 2 is 2.29 bits per heavy atom. The van der Waals surface area contributed by atoms with E-state index in [2.05, 4.69) is 4.28 Å². The van der Waals surface area contributed by atoms with Crippen LogP contribution >= 0.6 is 0 Å². The van der Waals surface area contributed by atoms with Crippen LogP contribution in [-0.4, -0.2) is 59.3 Å². The van der Waals surface area contributed by atoms with Gasteiger partial charge >= 0.3 is 16.4 Å². The van der Waals surface area contributed by atoms with Crippen LogP contribution in [0.25, 0.3) is 0 Å². The fourth-order valence-corrected chi connectivity index (χ4v) is 2.43. The number of fused-ring (bicyclic) bond motifs is 2. The first kappa shape index (κ1) is 12.3. The topological polar surface area (TPSA) is 110 Å². The van der Waals surface area contributed by atoms with Crippen molar-refractivity contribution in [2.24, 2.45) is 0 Å². The summed E-state index contributed by atoms with van der Waals surface area (Å²) in [6.45, 7) is 1.99. The second-order valence-electron chi connectivity index (χ2n) is 3.96. The Labute approximate surface area is 98.0 Å². The molecule has 1 saturated heterocycles. The lowest BCUT2D eigenvalue weighted by atomic mass is 10.0. The van der Waals surface area contributed by atoms with Crippen LogP contribution in [0.4, 0.5) is 4.79 Å². The van der Waals surface area contributed by atoms with Gasteiger partial charge in [0.05, 0.1) is 6.54 Å². The lowest BCUT2D eigenvalue weighted by Gasteiger charge is -2.25. The molecule has 2 amide bonds. The van der Waals surface area contributed by atoms with E-state index in [0.29, 0.717) is 5.06 Å². The number of carbonyl (C=O) groups excluding carboxylic acids is 1. The number of hydrogen-bond acceptors (Lipinski definition) is 4. The lowest BCUT2D eigenvalue weighted by molar-refractivity contribution is -0.0213. The van der Waals surface area contributed by atoms with Gasteiger partial charge in [0.15, 0.2) is 6.61 Å². The second kappa shape index (κ2) is 3.95. The zero-order valence-corrected chi connectivity index (χ0v) is 9.85. The van der Waals surface area contributed by atoms with E-state index in [1.807, 2.05) is 0 Å². The molecule has 3 N–H and O–H groups in total. The van der Waals surface area contributed by atoms with E-state index in [-0.39, 0.29) is 19.2 Å². The quantitative estimate of drug-likeness (QED) is 0.395. The SMILES string of the molecule is CC1=C[C@@H](C[OH2+])N2C[C@@H]1N(OS(=O)(=O)O)C2=O. The lowest BCUT2D eigenvalue weighted by Crippen LogP contribution is -2.40. The average Bonchev–Trinajstić information content (AvgIpc) is 2.48. The smallest absolute Gasteiger partial charge is 0.418 e. The van der Waals surface area contributed by atoms with E-state index >= 15 is 0 Å². The van der Waals surface area contributed by atoms with Crippen molar-refractivity contribution >= 4 is 16.4 Å². The molecule has 0 saturated carbocycles. The number of amides is 2. The Balaban J connectivity index is 2.29. The van der Waals surface area contributed by atoms with Gasteiger partial charge in [-0.3, -0.25) is 4.55 Å². The molecule has 2 aliphatic heterocycles. The van der Waals surface area contributed by atoms with Gasteiger partial charge in [0.25, 0.3) is 0 Å². The molecule has 2 heterocycles. The van der Waals surface area contributed by atoms with E-state index in [1.165, 1.54) is 4.90 Å². The van der Waals surface area contributed by atoms with E-state index in [1.54, 1.807) is 13.0 Å². The van der Waals surface area contributed by atoms with Crippen LogP contribution in [0.1, 0.15) is 6.92 Å². The fraction of sp³-hybridized carbons (Fsp3) is 0.625. The van der Waals surface area contributed by atoms with Gasteiger partial charge in [0.1, 0.15) is 12.1 Å². The molecule has 8 nitrogen and oxygen atoms in total. The molecule has 0 unspecified atom stereocenters. The molecule has 0 aromatic rings. The van der Waals surface area contributed by atoms with Gasteiger partial charge in [0, 0.05) is 0 Å². The number of carbonyl (C=O) groups is 1. The average molecular weight is 265 g/mol. The highest BCUT2D eigenvalue weighted by atomic mass is 32.3. The van der Waals surface area contributed by atoms with E-state index < -0.39 is 22.5 Å². The van der Waals surface area contributed by atoms with Crippen molar-refractivity contribution in [3.8, 4) is 0 Å². The molecular formula is C8H13N2O6S+. The summed E-state index contributed by atoms with van der Waals surface area (Å²) in [5, 5.41) is 7.95. The van der Waals surface area contributed by atoms with E-state index in [9.17, 15) is 13.2 Å². The first-order valence-electron chi connectivity index (χ1n) is 4.93. The molecule has 0 spiro atoms. The summed E-state index contributed by atoms with van der Waals surface area (Å²) in [6.07, 6.45) is 1.73. The van der Waals surface area contributed by atoms with Gasteiger partial charge in [-0.2, -0.15) is 13.5 Å². The fourth-order valence-electron chi connectivity index (χ4n) is 2.06. The van der Waals surface area contributed by atoms with Gasteiger partial charge in [-0.05, 0) is 12.5 Å². The molecule has 2 bridgehead atoms. The summed E-state index contributed by atoms with van der Waals surface area (Å²) < 4.78 is 34.1. The maximum Gasteiger partial charge on any atom is 0.418 e. The van der Waals surface area contributed by atoms with Gasteiger partial charge < -0.3 is 10.0 Å². The van der Waals surface area contributed by atoms with E-state index in [0.717, 1.165) is 5.57 Å². The minimum absolute atomic E-state index is 0.00445. The molecule has 2 rings (SSSR count). The van der Waals surface area contributed by atoms with Gasteiger partial charge in [-0.25, -0.2) is 4.79 Å². The molecule has 0 aromatic heterocycles. The van der Waals surface area contributed by atoms with E-state index in [4.69, 9.17) is 9.66 Å². The van der Waals surface area contributed by atoms with Crippen LogP contribution in [0.3, 0.4) is 0 Å². The highest BCUT2D eigenvalue weighted by Crippen LogP contribution is 2.30. The monoisotopic (exact) mass is 265 g/mol. The van der Waals surface area contributed by atoms with Crippen molar-refractivity contribution in [1.82, 2.24) is 9.96 Å². The Kier molecular flexibility index (Phi) is 2.86. The molecule has 1 fully saturated rings. The minimum atomic E-state index is -4.72. The summed E-state index contributed by atoms with van der Waals surface area (Å²) in [7, 11) is -4.72. The molecule has 96 valence electrons. The highest BCUT2D eigenvalue weighted by molar-refractivity contribution is 7.80. The number of urea groups is 1. The standard InChI is InChI=1S/C8H12N2O6S/c1-5-2-6(4-11)9-3-7(5)10(8(9)12)16-17(13,14)15/h2,6-7,11H,3-4H2,1H3,(H,13,14,15)/p+1/t6-,7-/m0/s1. The van der Waals surface area contributed by atoms with Crippen LogP contribution in [0.5, 0.6) is 0 Å². The Morgan fingerprint density at radius 1 is 1.65 bits per heavy atom. The van der Waals surface area contributed by atoms with Crippen LogP contribution in [0.2, 0.25) is 0 Å². The van der Waals surface area contributed by atoms with Crippen molar-refractivity contribution in [1.29, 1.82) is 0 Å². The highest BCUT2D eigenvalue weighted by Gasteiger charge is 2.47. The number of hydroxylamine groups is 2. The van der Waals surface area contributed by atoms with Crippen molar-refractivity contribution in [3.05, 3.63) is 11.6 Å². The van der Waals surface area contributed by atoms with Crippen molar-refractivity contribution < 1.29 is 27.2 Å². The third-order valence-corrected chi connectivity index (χ3v) is 3.20. The van der Waals surface area contributed by atoms with Gasteiger partial charge in [-0.1, -0.05) is 6.08 Å². The summed E-state index contributed by atoms with van der Waals surface area (Å²) in [5.41, 5.74) is 0.744. The zero-order valence-electron chi connectivity index (χ0n) is 9.03. The molecule has 2 atom stereocenters. The Morgan fingerprint density at radius 3 is 2.82 bits per heavy atom. The predicted molar refractivity (Wildman–Crippen MR) is 56.4 cm³/mol.